The monoisotopic (exact) mass is 369 g/mol. The van der Waals surface area contributed by atoms with Gasteiger partial charge in [0.1, 0.15) is 24.4 Å². The summed E-state index contributed by atoms with van der Waals surface area (Å²) in [7, 11) is 1.32. The molecule has 0 saturated carbocycles. The summed E-state index contributed by atoms with van der Waals surface area (Å²) in [5, 5.41) is 1.89. The zero-order chi connectivity index (χ0) is 18.8. The van der Waals surface area contributed by atoms with E-state index in [0.717, 1.165) is 0 Å². The number of alkyl halides is 3. The molecule has 10 heteroatoms. The van der Waals surface area contributed by atoms with Gasteiger partial charge in [-0.15, -0.1) is 6.58 Å². The van der Waals surface area contributed by atoms with Crippen LogP contribution in [0, 0.1) is 0 Å². The van der Waals surface area contributed by atoms with Crippen LogP contribution >= 0.6 is 0 Å². The highest BCUT2D eigenvalue weighted by Crippen LogP contribution is 2.34. The van der Waals surface area contributed by atoms with Crippen LogP contribution in [0.15, 0.2) is 12.7 Å². The first-order chi connectivity index (χ1) is 11.6. The molecule has 2 saturated heterocycles. The smallest absolute Gasteiger partial charge is 0.376 e. The maximum absolute atomic E-state index is 12.7. The highest BCUT2D eigenvalue weighted by molar-refractivity contribution is 5.82. The molecule has 0 unspecified atom stereocenters. The van der Waals surface area contributed by atoms with E-state index in [1.165, 1.54) is 13.2 Å². The topological polar surface area (TPSA) is 75.2 Å². The van der Waals surface area contributed by atoms with E-state index in [2.05, 4.69) is 6.58 Å². The summed E-state index contributed by atoms with van der Waals surface area (Å²) in [4.78, 5) is 11.4. The Morgan fingerprint density at radius 2 is 2.12 bits per heavy atom. The third-order valence-electron chi connectivity index (χ3n) is 3.87. The number of ether oxygens (including phenoxy) is 5. The van der Waals surface area contributed by atoms with Crippen LogP contribution in [0.1, 0.15) is 13.8 Å². The SMILES string of the molecule is C=CCO[C@H]1O[C@@H]2COC(C)(C)O[C@H]2[C@H](OC)[C@H]1NC(=O)C(F)(F)F. The molecule has 1 amide bonds. The second-order valence-corrected chi connectivity index (χ2v) is 6.16. The highest BCUT2D eigenvalue weighted by Gasteiger charge is 2.54. The number of fused-ring (bicyclic) bond motifs is 1. The molecule has 7 nitrogen and oxygen atoms in total. The Morgan fingerprint density at radius 1 is 1.44 bits per heavy atom. The zero-order valence-corrected chi connectivity index (χ0v) is 14.2. The lowest BCUT2D eigenvalue weighted by Crippen LogP contribution is -2.69. The number of hydrogen-bond donors (Lipinski definition) is 1. The molecule has 2 rings (SSSR count). The molecule has 2 aliphatic rings. The molecule has 0 aromatic heterocycles. The van der Waals surface area contributed by atoms with Crippen LogP contribution in [0.25, 0.3) is 0 Å². The molecule has 0 aliphatic carbocycles. The van der Waals surface area contributed by atoms with E-state index in [4.69, 9.17) is 23.7 Å². The van der Waals surface area contributed by atoms with Gasteiger partial charge in [-0.2, -0.15) is 13.2 Å². The van der Waals surface area contributed by atoms with Crippen LogP contribution in [0.4, 0.5) is 13.2 Å². The molecule has 0 spiro atoms. The van der Waals surface area contributed by atoms with Gasteiger partial charge in [0.05, 0.1) is 13.2 Å². The lowest BCUT2D eigenvalue weighted by atomic mass is 9.95. The van der Waals surface area contributed by atoms with E-state index >= 15 is 0 Å². The largest absolute Gasteiger partial charge is 0.471 e. The number of amides is 1. The minimum Gasteiger partial charge on any atom is -0.376 e. The van der Waals surface area contributed by atoms with Crippen molar-refractivity contribution in [2.45, 2.75) is 56.5 Å². The van der Waals surface area contributed by atoms with Crippen molar-refractivity contribution >= 4 is 5.91 Å². The van der Waals surface area contributed by atoms with Crippen molar-refractivity contribution in [3.8, 4) is 0 Å². The van der Waals surface area contributed by atoms with Crippen molar-refractivity contribution in [2.24, 2.45) is 0 Å². The Balaban J connectivity index is 2.25. The molecule has 5 atom stereocenters. The average molecular weight is 369 g/mol. The molecule has 0 bridgehead atoms. The van der Waals surface area contributed by atoms with Crippen molar-refractivity contribution in [1.29, 1.82) is 0 Å². The molecule has 1 N–H and O–H groups in total. The molecule has 0 aromatic carbocycles. The number of carbonyl (C=O) groups is 1. The number of hydrogen-bond acceptors (Lipinski definition) is 6. The van der Waals surface area contributed by atoms with E-state index < -0.39 is 48.5 Å². The first-order valence-corrected chi connectivity index (χ1v) is 7.69. The third-order valence-corrected chi connectivity index (χ3v) is 3.87. The lowest BCUT2D eigenvalue weighted by Gasteiger charge is -2.50. The molecule has 2 heterocycles. The van der Waals surface area contributed by atoms with Gasteiger partial charge in [-0.25, -0.2) is 0 Å². The Labute approximate surface area is 143 Å². The maximum atomic E-state index is 12.7. The van der Waals surface area contributed by atoms with Crippen LogP contribution in [0.5, 0.6) is 0 Å². The molecular formula is C15H22F3NO6. The Bertz CT molecular complexity index is 498. The second-order valence-electron chi connectivity index (χ2n) is 6.16. The van der Waals surface area contributed by atoms with Gasteiger partial charge in [-0.3, -0.25) is 4.79 Å². The van der Waals surface area contributed by atoms with E-state index in [1.807, 2.05) is 5.32 Å². The molecule has 2 aliphatic heterocycles. The van der Waals surface area contributed by atoms with Crippen LogP contribution < -0.4 is 5.32 Å². The van der Waals surface area contributed by atoms with Gasteiger partial charge >= 0.3 is 12.1 Å². The van der Waals surface area contributed by atoms with Gasteiger partial charge < -0.3 is 29.0 Å². The van der Waals surface area contributed by atoms with E-state index in [9.17, 15) is 18.0 Å². The summed E-state index contributed by atoms with van der Waals surface area (Å²) in [5.74, 6) is -3.07. The first-order valence-electron chi connectivity index (χ1n) is 7.69. The number of rotatable bonds is 5. The molecule has 25 heavy (non-hydrogen) atoms. The lowest BCUT2D eigenvalue weighted by molar-refractivity contribution is -0.370. The summed E-state index contributed by atoms with van der Waals surface area (Å²) >= 11 is 0. The van der Waals surface area contributed by atoms with Crippen molar-refractivity contribution in [2.75, 3.05) is 20.3 Å². The summed E-state index contributed by atoms with van der Waals surface area (Å²) in [6, 6.07) is -1.23. The number of carbonyl (C=O) groups excluding carboxylic acids is 1. The normalized spacial score (nSPS) is 34.9. The minimum absolute atomic E-state index is 0.0179. The number of nitrogens with one attached hydrogen (secondary N) is 1. The van der Waals surface area contributed by atoms with Crippen molar-refractivity contribution in [3.05, 3.63) is 12.7 Å². The minimum atomic E-state index is -5.05. The van der Waals surface area contributed by atoms with Gasteiger partial charge in [-0.05, 0) is 13.8 Å². The van der Waals surface area contributed by atoms with E-state index in [1.54, 1.807) is 13.8 Å². The molecular weight excluding hydrogens is 347 g/mol. The van der Waals surface area contributed by atoms with Crippen LogP contribution in [0.3, 0.4) is 0 Å². The molecule has 0 radical (unpaired) electrons. The standard InChI is InChI=1S/C15H22F3NO6/c1-5-6-22-12-9(19-13(20)15(16,17)18)11(21-4)10-8(24-12)7-23-14(2,3)25-10/h5,8-12H,1,6-7H2,2-4H3,(H,19,20)/t8-,9-,10-,11-,12+/m1/s1. The zero-order valence-electron chi connectivity index (χ0n) is 14.2. The van der Waals surface area contributed by atoms with Crippen molar-refractivity contribution < 1.29 is 41.7 Å². The average Bonchev–Trinajstić information content (AvgIpc) is 2.51. The summed E-state index contributed by atoms with van der Waals surface area (Å²) in [5.41, 5.74) is 0. The van der Waals surface area contributed by atoms with E-state index in [-0.39, 0.29) is 13.2 Å². The molecule has 2 fully saturated rings. The van der Waals surface area contributed by atoms with Gasteiger partial charge in [0, 0.05) is 7.11 Å². The fourth-order valence-electron chi connectivity index (χ4n) is 2.80. The quantitative estimate of drug-likeness (QED) is 0.733. The van der Waals surface area contributed by atoms with Gasteiger partial charge in [0.2, 0.25) is 0 Å². The summed E-state index contributed by atoms with van der Waals surface area (Å²) < 4.78 is 65.6. The van der Waals surface area contributed by atoms with Gasteiger partial charge in [0.25, 0.3) is 0 Å². The number of halogens is 3. The fraction of sp³-hybridized carbons (Fsp3) is 0.800. The second kappa shape index (κ2) is 7.58. The van der Waals surface area contributed by atoms with Crippen LogP contribution in [-0.2, 0) is 28.5 Å². The van der Waals surface area contributed by atoms with Gasteiger partial charge in [0.15, 0.2) is 12.1 Å². The molecule has 0 aromatic rings. The van der Waals surface area contributed by atoms with Crippen molar-refractivity contribution in [3.63, 3.8) is 0 Å². The van der Waals surface area contributed by atoms with Crippen LogP contribution in [-0.4, -0.2) is 68.8 Å². The van der Waals surface area contributed by atoms with Crippen LogP contribution in [0.2, 0.25) is 0 Å². The molecule has 144 valence electrons. The summed E-state index contributed by atoms with van der Waals surface area (Å²) in [6.45, 7) is 6.98. The van der Waals surface area contributed by atoms with Gasteiger partial charge in [-0.1, -0.05) is 6.08 Å². The maximum Gasteiger partial charge on any atom is 0.471 e. The Hall–Kier alpha value is -1.20. The Kier molecular flexibility index (Phi) is 6.10. The third kappa shape index (κ3) is 4.70. The summed E-state index contributed by atoms with van der Waals surface area (Å²) in [6.07, 6.45) is -7.10. The fourth-order valence-corrected chi connectivity index (χ4v) is 2.80. The van der Waals surface area contributed by atoms with E-state index in [0.29, 0.717) is 0 Å². The number of methoxy groups -OCH3 is 1. The highest BCUT2D eigenvalue weighted by atomic mass is 19.4. The Morgan fingerprint density at radius 3 is 2.68 bits per heavy atom. The van der Waals surface area contributed by atoms with Crippen molar-refractivity contribution in [1.82, 2.24) is 5.32 Å². The first kappa shape index (κ1) is 20.1. The predicted octanol–water partition coefficient (Wildman–Crippen LogP) is 1.13. The predicted molar refractivity (Wildman–Crippen MR) is 78.5 cm³/mol.